The molecule has 0 spiro atoms. The summed E-state index contributed by atoms with van der Waals surface area (Å²) in [7, 11) is 0. The van der Waals surface area contributed by atoms with Crippen molar-refractivity contribution < 1.29 is 0 Å². The first kappa shape index (κ1) is 13.3. The number of rotatable bonds is 3. The molecule has 0 bridgehead atoms. The van der Waals surface area contributed by atoms with Crippen LogP contribution in [-0.2, 0) is 13.1 Å². The van der Waals surface area contributed by atoms with Crippen molar-refractivity contribution in [3.05, 3.63) is 56.2 Å². The van der Waals surface area contributed by atoms with Gasteiger partial charge < -0.3 is 5.73 Å². The van der Waals surface area contributed by atoms with Crippen LogP contribution in [-0.4, -0.2) is 10.9 Å². The monoisotopic (exact) mass is 336 g/mol. The molecule has 19 heavy (non-hydrogen) atoms. The van der Waals surface area contributed by atoms with E-state index in [1.807, 2.05) is 0 Å². The van der Waals surface area contributed by atoms with Gasteiger partial charge in [-0.25, -0.2) is 0 Å². The molecule has 1 aromatic carbocycles. The number of benzene rings is 1. The van der Waals surface area contributed by atoms with Crippen molar-refractivity contribution in [1.29, 1.82) is 0 Å². The summed E-state index contributed by atoms with van der Waals surface area (Å²) in [6.45, 7) is 4.09. The van der Waals surface area contributed by atoms with Gasteiger partial charge in [0.2, 0.25) is 0 Å². The third kappa shape index (κ3) is 2.63. The Hall–Kier alpha value is -0.680. The third-order valence-electron chi connectivity index (χ3n) is 3.64. The normalized spacial score (nSPS) is 18.3. The predicted octanol–water partition coefficient (Wildman–Crippen LogP) is 3.91. The standard InChI is InChI=1S/C15H17BrN2S/c1-10(17)15(14-6-13(16)9-19-14)18-7-11-4-2-3-5-12(11)8-18/h2-6,9-10,15H,7-8,17H2,1H3. The zero-order chi connectivity index (χ0) is 13.4. The highest BCUT2D eigenvalue weighted by molar-refractivity contribution is 9.10. The van der Waals surface area contributed by atoms with E-state index in [0.717, 1.165) is 17.6 Å². The zero-order valence-electron chi connectivity index (χ0n) is 10.8. The molecule has 2 N–H and O–H groups in total. The van der Waals surface area contributed by atoms with Crippen LogP contribution in [0.1, 0.15) is 29.0 Å². The van der Waals surface area contributed by atoms with E-state index in [0.29, 0.717) is 6.04 Å². The smallest absolute Gasteiger partial charge is 0.0597 e. The molecule has 0 amide bonds. The van der Waals surface area contributed by atoms with Gasteiger partial charge in [-0.15, -0.1) is 11.3 Å². The van der Waals surface area contributed by atoms with E-state index in [1.54, 1.807) is 11.3 Å². The summed E-state index contributed by atoms with van der Waals surface area (Å²) in [6.07, 6.45) is 0. The Balaban J connectivity index is 1.88. The Morgan fingerprint density at radius 3 is 2.37 bits per heavy atom. The van der Waals surface area contributed by atoms with Crippen LogP contribution in [0.5, 0.6) is 0 Å². The lowest BCUT2D eigenvalue weighted by molar-refractivity contribution is 0.181. The SMILES string of the molecule is CC(N)C(c1cc(Br)cs1)N1Cc2ccccc2C1. The summed E-state index contributed by atoms with van der Waals surface area (Å²) in [5.74, 6) is 0. The van der Waals surface area contributed by atoms with Crippen molar-refractivity contribution in [3.8, 4) is 0 Å². The lowest BCUT2D eigenvalue weighted by Crippen LogP contribution is -2.36. The maximum Gasteiger partial charge on any atom is 0.0597 e. The Kier molecular flexibility index (Phi) is 3.76. The molecule has 0 fully saturated rings. The number of thiophene rings is 1. The largest absolute Gasteiger partial charge is 0.326 e. The van der Waals surface area contributed by atoms with Crippen molar-refractivity contribution in [2.24, 2.45) is 5.73 Å². The molecule has 1 aromatic heterocycles. The molecule has 0 saturated heterocycles. The van der Waals surface area contributed by atoms with Crippen LogP contribution in [0.3, 0.4) is 0 Å². The molecule has 2 unspecified atom stereocenters. The van der Waals surface area contributed by atoms with E-state index < -0.39 is 0 Å². The molecule has 2 heterocycles. The molecule has 1 aliphatic heterocycles. The van der Waals surface area contributed by atoms with Gasteiger partial charge in [0.15, 0.2) is 0 Å². The molecule has 0 aliphatic carbocycles. The van der Waals surface area contributed by atoms with E-state index >= 15 is 0 Å². The number of nitrogens with zero attached hydrogens (tertiary/aromatic N) is 1. The van der Waals surface area contributed by atoms with Crippen LogP contribution in [0.15, 0.2) is 40.2 Å². The van der Waals surface area contributed by atoms with Crippen molar-refractivity contribution in [2.45, 2.75) is 32.1 Å². The summed E-state index contributed by atoms with van der Waals surface area (Å²) in [5, 5.41) is 2.13. The summed E-state index contributed by atoms with van der Waals surface area (Å²) < 4.78 is 1.15. The van der Waals surface area contributed by atoms with Crippen LogP contribution in [0, 0.1) is 0 Å². The van der Waals surface area contributed by atoms with Crippen LogP contribution < -0.4 is 5.73 Å². The zero-order valence-corrected chi connectivity index (χ0v) is 13.2. The third-order valence-corrected chi connectivity index (χ3v) is 5.40. The molecular formula is C15H17BrN2S. The molecule has 0 saturated carbocycles. The Morgan fingerprint density at radius 2 is 1.89 bits per heavy atom. The number of nitrogens with two attached hydrogens (primary N) is 1. The number of hydrogen-bond acceptors (Lipinski definition) is 3. The molecule has 4 heteroatoms. The van der Waals surface area contributed by atoms with Gasteiger partial charge in [0.25, 0.3) is 0 Å². The van der Waals surface area contributed by atoms with Crippen molar-refractivity contribution in [3.63, 3.8) is 0 Å². The maximum atomic E-state index is 6.24. The Labute approximate surface area is 126 Å². The predicted molar refractivity (Wildman–Crippen MR) is 84.1 cm³/mol. The molecule has 2 nitrogen and oxygen atoms in total. The van der Waals surface area contributed by atoms with Gasteiger partial charge in [0.05, 0.1) is 6.04 Å². The van der Waals surface area contributed by atoms with E-state index in [4.69, 9.17) is 5.73 Å². The van der Waals surface area contributed by atoms with Gasteiger partial charge >= 0.3 is 0 Å². The fourth-order valence-corrected chi connectivity index (χ4v) is 4.50. The van der Waals surface area contributed by atoms with Gasteiger partial charge in [-0.3, -0.25) is 4.90 Å². The lowest BCUT2D eigenvalue weighted by atomic mass is 10.1. The first-order valence-corrected chi connectivity index (χ1v) is 8.13. The highest BCUT2D eigenvalue weighted by atomic mass is 79.9. The van der Waals surface area contributed by atoms with Crippen molar-refractivity contribution in [2.75, 3.05) is 0 Å². The van der Waals surface area contributed by atoms with Gasteiger partial charge in [-0.05, 0) is 40.0 Å². The molecule has 100 valence electrons. The van der Waals surface area contributed by atoms with Crippen LogP contribution in [0.2, 0.25) is 0 Å². The first-order valence-electron chi connectivity index (χ1n) is 6.45. The minimum Gasteiger partial charge on any atom is -0.326 e. The Morgan fingerprint density at radius 1 is 1.26 bits per heavy atom. The van der Waals surface area contributed by atoms with Crippen LogP contribution in [0.25, 0.3) is 0 Å². The van der Waals surface area contributed by atoms with Gasteiger partial charge in [-0.1, -0.05) is 24.3 Å². The minimum atomic E-state index is 0.125. The average Bonchev–Trinajstić information content (AvgIpc) is 2.95. The second kappa shape index (κ2) is 5.37. The Bertz CT molecular complexity index is 554. The highest BCUT2D eigenvalue weighted by Crippen LogP contribution is 2.36. The summed E-state index contributed by atoms with van der Waals surface area (Å²) in [6, 6.07) is 11.3. The van der Waals surface area contributed by atoms with Crippen molar-refractivity contribution in [1.82, 2.24) is 4.90 Å². The topological polar surface area (TPSA) is 29.3 Å². The summed E-state index contributed by atoms with van der Waals surface area (Å²) in [4.78, 5) is 3.82. The summed E-state index contributed by atoms with van der Waals surface area (Å²) in [5.41, 5.74) is 9.11. The average molecular weight is 337 g/mol. The van der Waals surface area contributed by atoms with Crippen LogP contribution >= 0.6 is 27.3 Å². The number of halogens is 1. The molecule has 1 aliphatic rings. The van der Waals surface area contributed by atoms with E-state index in [2.05, 4.69) is 63.5 Å². The van der Waals surface area contributed by atoms with Crippen molar-refractivity contribution >= 4 is 27.3 Å². The quantitative estimate of drug-likeness (QED) is 0.920. The number of fused-ring (bicyclic) bond motifs is 1. The van der Waals surface area contributed by atoms with E-state index in [-0.39, 0.29) is 6.04 Å². The van der Waals surface area contributed by atoms with Gasteiger partial charge in [0.1, 0.15) is 0 Å². The second-order valence-electron chi connectivity index (χ2n) is 5.14. The molecule has 3 rings (SSSR count). The summed E-state index contributed by atoms with van der Waals surface area (Å²) >= 11 is 5.32. The minimum absolute atomic E-state index is 0.125. The molecule has 2 aromatic rings. The van der Waals surface area contributed by atoms with Gasteiger partial charge in [0, 0.05) is 33.9 Å². The van der Waals surface area contributed by atoms with E-state index in [9.17, 15) is 0 Å². The first-order chi connectivity index (χ1) is 9.15. The molecular weight excluding hydrogens is 320 g/mol. The van der Waals surface area contributed by atoms with Gasteiger partial charge in [-0.2, -0.15) is 0 Å². The number of hydrogen-bond donors (Lipinski definition) is 1. The van der Waals surface area contributed by atoms with Crippen LogP contribution in [0.4, 0.5) is 0 Å². The fourth-order valence-electron chi connectivity index (χ4n) is 2.81. The lowest BCUT2D eigenvalue weighted by Gasteiger charge is -2.29. The fraction of sp³-hybridized carbons (Fsp3) is 0.333. The van der Waals surface area contributed by atoms with E-state index in [1.165, 1.54) is 16.0 Å². The maximum absolute atomic E-state index is 6.24. The highest BCUT2D eigenvalue weighted by Gasteiger charge is 2.30. The molecule has 0 radical (unpaired) electrons. The molecule has 2 atom stereocenters. The second-order valence-corrected chi connectivity index (χ2v) is 7.00.